The Labute approximate surface area is 102 Å². The third-order valence-corrected chi connectivity index (χ3v) is 3.47. The zero-order chi connectivity index (χ0) is 11.5. The second kappa shape index (κ2) is 4.84. The van der Waals surface area contributed by atoms with Gasteiger partial charge < -0.3 is 5.32 Å². The average Bonchev–Trinajstić information content (AvgIpc) is 2.40. The van der Waals surface area contributed by atoms with Crippen molar-refractivity contribution in [3.8, 4) is 0 Å². The molecule has 1 atom stereocenters. The molecule has 2 heterocycles. The quantitative estimate of drug-likeness (QED) is 0.848. The summed E-state index contributed by atoms with van der Waals surface area (Å²) in [5.41, 5.74) is 2.29. The first-order valence-corrected chi connectivity index (χ1v) is 6.40. The standard InChI is InChI=1S/C13H18N4/c1-2-7-13-11(5-1)9-17(16-15-13)10-12-6-3-4-8-14-12/h1-2,5,7,12,14H,3-4,6,8-10H2/t12-/m0/s1. The van der Waals surface area contributed by atoms with Crippen molar-refractivity contribution in [1.82, 2.24) is 10.3 Å². The average molecular weight is 230 g/mol. The van der Waals surface area contributed by atoms with Crippen LogP contribution >= 0.6 is 0 Å². The molecule has 1 N–H and O–H groups in total. The van der Waals surface area contributed by atoms with Gasteiger partial charge in [0.15, 0.2) is 0 Å². The summed E-state index contributed by atoms with van der Waals surface area (Å²) in [6, 6.07) is 8.81. The SMILES string of the molecule is c1ccc2c(c1)CN(C[C@@H]1CCCCN1)N=N2. The van der Waals surface area contributed by atoms with Crippen molar-refractivity contribution in [1.29, 1.82) is 0 Å². The van der Waals surface area contributed by atoms with Crippen molar-refractivity contribution in [2.24, 2.45) is 10.3 Å². The molecular weight excluding hydrogens is 212 g/mol. The maximum absolute atomic E-state index is 4.28. The van der Waals surface area contributed by atoms with E-state index in [1.165, 1.54) is 24.8 Å². The Bertz CT molecular complexity index is 410. The predicted octanol–water partition coefficient (Wildman–Crippen LogP) is 2.64. The first-order valence-electron chi connectivity index (χ1n) is 6.40. The second-order valence-electron chi connectivity index (χ2n) is 4.81. The normalized spacial score (nSPS) is 23.5. The lowest BCUT2D eigenvalue weighted by atomic mass is 10.0. The van der Waals surface area contributed by atoms with Crippen LogP contribution in [-0.2, 0) is 6.54 Å². The molecule has 17 heavy (non-hydrogen) atoms. The second-order valence-corrected chi connectivity index (χ2v) is 4.81. The van der Waals surface area contributed by atoms with Crippen LogP contribution in [0.2, 0.25) is 0 Å². The van der Waals surface area contributed by atoms with Gasteiger partial charge in [0.1, 0.15) is 0 Å². The first kappa shape index (κ1) is 10.7. The fourth-order valence-electron chi connectivity index (χ4n) is 2.52. The van der Waals surface area contributed by atoms with Gasteiger partial charge in [0, 0.05) is 11.6 Å². The van der Waals surface area contributed by atoms with E-state index >= 15 is 0 Å². The van der Waals surface area contributed by atoms with Crippen LogP contribution in [0.5, 0.6) is 0 Å². The number of hydrogen-bond donors (Lipinski definition) is 1. The molecule has 90 valence electrons. The van der Waals surface area contributed by atoms with Crippen molar-refractivity contribution in [2.75, 3.05) is 13.1 Å². The number of rotatable bonds is 2. The fraction of sp³-hybridized carbons (Fsp3) is 0.538. The number of benzene rings is 1. The summed E-state index contributed by atoms with van der Waals surface area (Å²) in [6.45, 7) is 3.00. The topological polar surface area (TPSA) is 40.0 Å². The van der Waals surface area contributed by atoms with E-state index in [1.54, 1.807) is 0 Å². The molecular formula is C13H18N4. The van der Waals surface area contributed by atoms with E-state index in [-0.39, 0.29) is 0 Å². The lowest BCUT2D eigenvalue weighted by Crippen LogP contribution is -2.42. The van der Waals surface area contributed by atoms with Gasteiger partial charge in [-0.05, 0) is 25.5 Å². The summed E-state index contributed by atoms with van der Waals surface area (Å²) in [7, 11) is 0. The number of piperidine rings is 1. The molecule has 0 radical (unpaired) electrons. The summed E-state index contributed by atoms with van der Waals surface area (Å²) in [5, 5.41) is 14.2. The Kier molecular flexibility index (Phi) is 3.05. The maximum Gasteiger partial charge on any atom is 0.0924 e. The van der Waals surface area contributed by atoms with E-state index < -0.39 is 0 Å². The molecule has 0 saturated carbocycles. The third-order valence-electron chi connectivity index (χ3n) is 3.47. The molecule has 1 aromatic carbocycles. The molecule has 1 aromatic rings. The fourth-order valence-corrected chi connectivity index (χ4v) is 2.52. The van der Waals surface area contributed by atoms with E-state index in [0.29, 0.717) is 6.04 Å². The van der Waals surface area contributed by atoms with E-state index in [1.807, 2.05) is 12.1 Å². The van der Waals surface area contributed by atoms with Crippen LogP contribution in [0.1, 0.15) is 24.8 Å². The molecule has 0 amide bonds. The van der Waals surface area contributed by atoms with Crippen molar-refractivity contribution < 1.29 is 0 Å². The molecule has 4 heteroatoms. The summed E-state index contributed by atoms with van der Waals surface area (Å²) in [4.78, 5) is 0. The smallest absolute Gasteiger partial charge is 0.0924 e. The molecule has 1 saturated heterocycles. The minimum absolute atomic E-state index is 0.577. The van der Waals surface area contributed by atoms with Crippen molar-refractivity contribution in [3.63, 3.8) is 0 Å². The monoisotopic (exact) mass is 230 g/mol. The molecule has 2 aliphatic heterocycles. The lowest BCUT2D eigenvalue weighted by molar-refractivity contribution is 0.207. The highest BCUT2D eigenvalue weighted by atomic mass is 15.6. The van der Waals surface area contributed by atoms with E-state index in [9.17, 15) is 0 Å². The minimum atomic E-state index is 0.577. The van der Waals surface area contributed by atoms with Crippen LogP contribution in [0.25, 0.3) is 0 Å². The van der Waals surface area contributed by atoms with Gasteiger partial charge in [-0.2, -0.15) is 0 Å². The molecule has 4 nitrogen and oxygen atoms in total. The maximum atomic E-state index is 4.28. The molecule has 0 aliphatic carbocycles. The summed E-state index contributed by atoms with van der Waals surface area (Å²) in [6.07, 6.45) is 3.90. The number of nitrogens with one attached hydrogen (secondary N) is 1. The van der Waals surface area contributed by atoms with E-state index in [2.05, 4.69) is 32.8 Å². The number of nitrogens with zero attached hydrogens (tertiary/aromatic N) is 3. The predicted molar refractivity (Wildman–Crippen MR) is 67.0 cm³/mol. The molecule has 0 unspecified atom stereocenters. The van der Waals surface area contributed by atoms with Crippen LogP contribution in [-0.4, -0.2) is 24.1 Å². The molecule has 2 aliphatic rings. The number of fused-ring (bicyclic) bond motifs is 1. The third kappa shape index (κ3) is 2.47. The molecule has 1 fully saturated rings. The Hall–Kier alpha value is -1.42. The zero-order valence-corrected chi connectivity index (χ0v) is 9.97. The van der Waals surface area contributed by atoms with Crippen LogP contribution in [0.4, 0.5) is 5.69 Å². The highest BCUT2D eigenvalue weighted by Gasteiger charge is 2.18. The van der Waals surface area contributed by atoms with Crippen LogP contribution in [0, 0.1) is 0 Å². The van der Waals surface area contributed by atoms with Gasteiger partial charge >= 0.3 is 0 Å². The summed E-state index contributed by atoms with van der Waals surface area (Å²) < 4.78 is 0. The lowest BCUT2D eigenvalue weighted by Gasteiger charge is -2.29. The van der Waals surface area contributed by atoms with Gasteiger partial charge in [-0.3, -0.25) is 5.01 Å². The molecule has 3 rings (SSSR count). The van der Waals surface area contributed by atoms with Crippen LogP contribution < -0.4 is 5.32 Å². The Morgan fingerprint density at radius 3 is 3.12 bits per heavy atom. The Morgan fingerprint density at radius 2 is 2.24 bits per heavy atom. The number of hydrogen-bond acceptors (Lipinski definition) is 4. The van der Waals surface area contributed by atoms with Crippen molar-refractivity contribution in [3.05, 3.63) is 29.8 Å². The largest absolute Gasteiger partial charge is 0.312 e. The summed E-state index contributed by atoms with van der Waals surface area (Å²) in [5.74, 6) is 0. The first-order chi connectivity index (χ1) is 8.42. The van der Waals surface area contributed by atoms with Gasteiger partial charge in [-0.25, -0.2) is 0 Å². The van der Waals surface area contributed by atoms with Crippen LogP contribution in [0.3, 0.4) is 0 Å². The van der Waals surface area contributed by atoms with Gasteiger partial charge in [0.2, 0.25) is 0 Å². The van der Waals surface area contributed by atoms with Crippen molar-refractivity contribution in [2.45, 2.75) is 31.8 Å². The van der Waals surface area contributed by atoms with Gasteiger partial charge in [0.05, 0.1) is 18.8 Å². The van der Waals surface area contributed by atoms with E-state index in [4.69, 9.17) is 0 Å². The zero-order valence-electron chi connectivity index (χ0n) is 9.97. The van der Waals surface area contributed by atoms with Crippen molar-refractivity contribution >= 4 is 5.69 Å². The van der Waals surface area contributed by atoms with Gasteiger partial charge in [0.25, 0.3) is 0 Å². The molecule has 0 spiro atoms. The highest BCUT2D eigenvalue weighted by molar-refractivity contribution is 5.45. The van der Waals surface area contributed by atoms with E-state index in [0.717, 1.165) is 25.3 Å². The summed E-state index contributed by atoms with van der Waals surface area (Å²) >= 11 is 0. The van der Waals surface area contributed by atoms with Gasteiger partial charge in [-0.1, -0.05) is 29.8 Å². The molecule has 0 bridgehead atoms. The van der Waals surface area contributed by atoms with Crippen LogP contribution in [0.15, 0.2) is 34.6 Å². The highest BCUT2D eigenvalue weighted by Crippen LogP contribution is 2.25. The minimum Gasteiger partial charge on any atom is -0.312 e. The Morgan fingerprint density at radius 1 is 1.29 bits per heavy atom. The van der Waals surface area contributed by atoms with Gasteiger partial charge in [-0.15, -0.1) is 5.11 Å². The molecule has 0 aromatic heterocycles. The Balaban J connectivity index is 1.64.